The number of rotatable bonds is 1. The van der Waals surface area contributed by atoms with Gasteiger partial charge in [-0.3, -0.25) is 4.79 Å². The van der Waals surface area contributed by atoms with Crippen molar-refractivity contribution in [1.29, 1.82) is 0 Å². The van der Waals surface area contributed by atoms with Gasteiger partial charge in [0, 0.05) is 12.8 Å². The van der Waals surface area contributed by atoms with Crippen molar-refractivity contribution in [1.82, 2.24) is 5.32 Å². The van der Waals surface area contributed by atoms with E-state index in [0.717, 1.165) is 0 Å². The molecule has 0 spiro atoms. The van der Waals surface area contributed by atoms with Gasteiger partial charge in [0.1, 0.15) is 5.60 Å². The second-order valence-corrected chi connectivity index (χ2v) is 4.18. The van der Waals surface area contributed by atoms with E-state index in [9.17, 15) is 9.59 Å². The van der Waals surface area contributed by atoms with Crippen molar-refractivity contribution in [2.45, 2.75) is 45.4 Å². The molecule has 0 aromatic rings. The zero-order valence-corrected chi connectivity index (χ0v) is 8.62. The Morgan fingerprint density at radius 1 is 1.50 bits per heavy atom. The van der Waals surface area contributed by atoms with E-state index in [2.05, 4.69) is 5.32 Å². The SMILES string of the molecule is CC(C)(C)OC(=O)O[C@H]1CCC(=O)N1. The Balaban J connectivity index is 2.31. The minimum absolute atomic E-state index is 0.0986. The van der Waals surface area contributed by atoms with Crippen LogP contribution in [0.25, 0.3) is 0 Å². The highest BCUT2D eigenvalue weighted by Gasteiger charge is 2.26. The van der Waals surface area contributed by atoms with Crippen molar-refractivity contribution in [2.75, 3.05) is 0 Å². The average molecular weight is 201 g/mol. The van der Waals surface area contributed by atoms with Crippen molar-refractivity contribution in [3.8, 4) is 0 Å². The monoisotopic (exact) mass is 201 g/mol. The van der Waals surface area contributed by atoms with Gasteiger partial charge in [0.05, 0.1) is 0 Å². The molecule has 0 saturated carbocycles. The van der Waals surface area contributed by atoms with Gasteiger partial charge in [-0.15, -0.1) is 0 Å². The Morgan fingerprint density at radius 3 is 2.57 bits per heavy atom. The topological polar surface area (TPSA) is 64.6 Å². The van der Waals surface area contributed by atoms with Gasteiger partial charge in [0.25, 0.3) is 0 Å². The zero-order chi connectivity index (χ0) is 10.8. The van der Waals surface area contributed by atoms with E-state index in [1.807, 2.05) is 0 Å². The molecule has 1 fully saturated rings. The summed E-state index contributed by atoms with van der Waals surface area (Å²) in [5.41, 5.74) is -0.570. The predicted molar refractivity (Wildman–Crippen MR) is 48.5 cm³/mol. The summed E-state index contributed by atoms with van der Waals surface area (Å²) in [5, 5.41) is 2.51. The minimum Gasteiger partial charge on any atom is -0.429 e. The number of carbonyl (C=O) groups is 2. The lowest BCUT2D eigenvalue weighted by atomic mass is 10.2. The van der Waals surface area contributed by atoms with Gasteiger partial charge in [-0.1, -0.05) is 0 Å². The van der Waals surface area contributed by atoms with Crippen LogP contribution in [0.2, 0.25) is 0 Å². The minimum atomic E-state index is -0.746. The number of ether oxygens (including phenoxy) is 2. The van der Waals surface area contributed by atoms with Crippen LogP contribution in [0.1, 0.15) is 33.6 Å². The fraction of sp³-hybridized carbons (Fsp3) is 0.778. The molecule has 80 valence electrons. The maximum atomic E-state index is 11.1. The molecule has 1 rings (SSSR count). The third-order valence-electron chi connectivity index (χ3n) is 1.58. The number of hydrogen-bond acceptors (Lipinski definition) is 4. The van der Waals surface area contributed by atoms with E-state index in [4.69, 9.17) is 9.47 Å². The molecule has 0 aromatic carbocycles. The molecule has 0 radical (unpaired) electrons. The van der Waals surface area contributed by atoms with Crippen LogP contribution in [-0.2, 0) is 14.3 Å². The summed E-state index contributed by atoms with van der Waals surface area (Å²) in [6, 6.07) is 0. The molecule has 5 nitrogen and oxygen atoms in total. The molecule has 0 unspecified atom stereocenters. The molecule has 14 heavy (non-hydrogen) atoms. The lowest BCUT2D eigenvalue weighted by molar-refractivity contribution is -0.120. The Hall–Kier alpha value is -1.26. The van der Waals surface area contributed by atoms with Crippen LogP contribution < -0.4 is 5.32 Å². The molecule has 0 aliphatic carbocycles. The van der Waals surface area contributed by atoms with Gasteiger partial charge < -0.3 is 14.8 Å². The summed E-state index contributed by atoms with van der Waals surface area (Å²) in [5.74, 6) is -0.0986. The standard InChI is InChI=1S/C9H15NO4/c1-9(2,3)14-8(12)13-7-5-4-6(11)10-7/h7H,4-5H2,1-3H3,(H,10,11)/t7-/m0/s1. The van der Waals surface area contributed by atoms with Crippen LogP contribution in [0, 0.1) is 0 Å². The van der Waals surface area contributed by atoms with E-state index in [-0.39, 0.29) is 5.91 Å². The summed E-state index contributed by atoms with van der Waals surface area (Å²) in [4.78, 5) is 21.9. The highest BCUT2D eigenvalue weighted by atomic mass is 16.7. The third-order valence-corrected chi connectivity index (χ3v) is 1.58. The van der Waals surface area contributed by atoms with Gasteiger partial charge in [-0.25, -0.2) is 4.79 Å². The van der Waals surface area contributed by atoms with E-state index in [0.29, 0.717) is 12.8 Å². The summed E-state index contributed by atoms with van der Waals surface area (Å²) < 4.78 is 9.79. The number of hydrogen-bond donors (Lipinski definition) is 1. The normalized spacial score (nSPS) is 21.6. The first kappa shape index (κ1) is 10.8. The Labute approximate surface area is 82.8 Å². The van der Waals surface area contributed by atoms with Gasteiger partial charge in [0.15, 0.2) is 6.23 Å². The number of carbonyl (C=O) groups excluding carboxylic acids is 2. The molecule has 1 aliphatic heterocycles. The van der Waals surface area contributed by atoms with E-state index in [1.165, 1.54) is 0 Å². The highest BCUT2D eigenvalue weighted by molar-refractivity contribution is 5.78. The van der Waals surface area contributed by atoms with Crippen LogP contribution in [0.3, 0.4) is 0 Å². The molecule has 5 heteroatoms. The highest BCUT2D eigenvalue weighted by Crippen LogP contribution is 2.12. The van der Waals surface area contributed by atoms with Crippen molar-refractivity contribution in [3.05, 3.63) is 0 Å². The average Bonchev–Trinajstić information content (AvgIpc) is 2.30. The maximum Gasteiger partial charge on any atom is 0.510 e. The first-order valence-corrected chi connectivity index (χ1v) is 4.56. The lowest BCUT2D eigenvalue weighted by Gasteiger charge is -2.20. The van der Waals surface area contributed by atoms with E-state index < -0.39 is 18.0 Å². The molecule has 1 aliphatic rings. The summed E-state index contributed by atoms with van der Waals surface area (Å²) in [6.45, 7) is 5.25. The summed E-state index contributed by atoms with van der Waals surface area (Å²) >= 11 is 0. The second kappa shape index (κ2) is 3.86. The number of amides is 1. The molecule has 1 N–H and O–H groups in total. The zero-order valence-electron chi connectivity index (χ0n) is 8.62. The third kappa shape index (κ3) is 3.64. The predicted octanol–water partition coefficient (Wildman–Crippen LogP) is 1.17. The number of nitrogens with one attached hydrogen (secondary N) is 1. The largest absolute Gasteiger partial charge is 0.510 e. The van der Waals surface area contributed by atoms with E-state index >= 15 is 0 Å². The quantitative estimate of drug-likeness (QED) is 0.647. The molecule has 0 aromatic heterocycles. The van der Waals surface area contributed by atoms with Gasteiger partial charge >= 0.3 is 6.16 Å². The lowest BCUT2D eigenvalue weighted by Crippen LogP contribution is -2.33. The second-order valence-electron chi connectivity index (χ2n) is 4.18. The Kier molecular flexibility index (Phi) is 2.98. The molecular formula is C9H15NO4. The fourth-order valence-electron chi connectivity index (χ4n) is 1.06. The van der Waals surface area contributed by atoms with Crippen molar-refractivity contribution in [3.63, 3.8) is 0 Å². The molecular weight excluding hydrogens is 186 g/mol. The van der Waals surface area contributed by atoms with Crippen LogP contribution >= 0.6 is 0 Å². The van der Waals surface area contributed by atoms with Crippen molar-refractivity contribution in [2.24, 2.45) is 0 Å². The smallest absolute Gasteiger partial charge is 0.429 e. The summed E-state index contributed by atoms with van der Waals surface area (Å²) in [7, 11) is 0. The molecule has 1 amide bonds. The summed E-state index contributed by atoms with van der Waals surface area (Å²) in [6.07, 6.45) is -0.368. The van der Waals surface area contributed by atoms with Gasteiger partial charge in [0.2, 0.25) is 5.91 Å². The van der Waals surface area contributed by atoms with Crippen molar-refractivity contribution >= 4 is 12.1 Å². The Bertz CT molecular complexity index is 244. The van der Waals surface area contributed by atoms with Gasteiger partial charge in [-0.05, 0) is 20.8 Å². The van der Waals surface area contributed by atoms with Crippen LogP contribution in [0.15, 0.2) is 0 Å². The van der Waals surface area contributed by atoms with Gasteiger partial charge in [-0.2, -0.15) is 0 Å². The Morgan fingerprint density at radius 2 is 2.14 bits per heavy atom. The molecule has 1 heterocycles. The fourth-order valence-corrected chi connectivity index (χ4v) is 1.06. The maximum absolute atomic E-state index is 11.1. The van der Waals surface area contributed by atoms with E-state index in [1.54, 1.807) is 20.8 Å². The van der Waals surface area contributed by atoms with Crippen LogP contribution in [-0.4, -0.2) is 23.9 Å². The van der Waals surface area contributed by atoms with Crippen LogP contribution in [0.5, 0.6) is 0 Å². The molecule has 1 saturated heterocycles. The molecule has 1 atom stereocenters. The van der Waals surface area contributed by atoms with Crippen LogP contribution in [0.4, 0.5) is 4.79 Å². The first-order valence-electron chi connectivity index (χ1n) is 4.56. The molecule has 0 bridgehead atoms. The van der Waals surface area contributed by atoms with Crippen molar-refractivity contribution < 1.29 is 19.1 Å². The first-order chi connectivity index (χ1) is 6.37.